The van der Waals surface area contributed by atoms with Gasteiger partial charge in [-0.3, -0.25) is 14.4 Å². The summed E-state index contributed by atoms with van der Waals surface area (Å²) in [5.74, 6) is -0.736. The van der Waals surface area contributed by atoms with Gasteiger partial charge in [0.2, 0.25) is 5.91 Å². The third-order valence-electron chi connectivity index (χ3n) is 3.85. The molecule has 1 aliphatic rings. The SMILES string of the molecule is CC(=O)c1cccc(NC2CC(=O)N(c3ccccc3Cl)C2=O)c1. The van der Waals surface area contributed by atoms with Crippen LogP contribution in [0.5, 0.6) is 0 Å². The first-order valence-corrected chi connectivity index (χ1v) is 7.84. The Morgan fingerprint density at radius 3 is 2.62 bits per heavy atom. The van der Waals surface area contributed by atoms with Crippen LogP contribution in [-0.2, 0) is 9.59 Å². The van der Waals surface area contributed by atoms with Crippen molar-refractivity contribution in [3.8, 4) is 0 Å². The second kappa shape index (κ2) is 6.45. The summed E-state index contributed by atoms with van der Waals surface area (Å²) in [6, 6.07) is 12.9. The number of nitrogens with zero attached hydrogens (tertiary/aromatic N) is 1. The number of hydrogen-bond donors (Lipinski definition) is 1. The Morgan fingerprint density at radius 1 is 1.17 bits per heavy atom. The van der Waals surface area contributed by atoms with Crippen LogP contribution in [0.3, 0.4) is 0 Å². The lowest BCUT2D eigenvalue weighted by Gasteiger charge is -2.17. The first-order chi connectivity index (χ1) is 11.5. The maximum absolute atomic E-state index is 12.6. The summed E-state index contributed by atoms with van der Waals surface area (Å²) in [7, 11) is 0. The third-order valence-corrected chi connectivity index (χ3v) is 4.17. The van der Waals surface area contributed by atoms with Crippen LogP contribution in [-0.4, -0.2) is 23.6 Å². The second-order valence-electron chi connectivity index (χ2n) is 5.56. The fourth-order valence-electron chi connectivity index (χ4n) is 2.66. The molecule has 1 unspecified atom stereocenters. The van der Waals surface area contributed by atoms with Crippen molar-refractivity contribution in [2.24, 2.45) is 0 Å². The maximum atomic E-state index is 12.6. The number of anilines is 2. The van der Waals surface area contributed by atoms with E-state index in [9.17, 15) is 14.4 Å². The van der Waals surface area contributed by atoms with Crippen LogP contribution in [0.15, 0.2) is 48.5 Å². The van der Waals surface area contributed by atoms with Gasteiger partial charge in [-0.2, -0.15) is 0 Å². The highest BCUT2D eigenvalue weighted by Crippen LogP contribution is 2.30. The molecule has 0 radical (unpaired) electrons. The lowest BCUT2D eigenvalue weighted by Crippen LogP contribution is -2.35. The maximum Gasteiger partial charge on any atom is 0.256 e. The largest absolute Gasteiger partial charge is 0.373 e. The number of carbonyl (C=O) groups excluding carboxylic acids is 3. The van der Waals surface area contributed by atoms with Crippen LogP contribution < -0.4 is 10.2 Å². The van der Waals surface area contributed by atoms with Gasteiger partial charge in [0.05, 0.1) is 17.1 Å². The average molecular weight is 343 g/mol. The zero-order chi connectivity index (χ0) is 17.3. The van der Waals surface area contributed by atoms with Gasteiger partial charge in [0.1, 0.15) is 6.04 Å². The number of Topliss-reactive ketones (excluding diaryl/α,β-unsaturated/α-hetero) is 1. The van der Waals surface area contributed by atoms with Crippen molar-refractivity contribution in [3.05, 3.63) is 59.1 Å². The highest BCUT2D eigenvalue weighted by molar-refractivity contribution is 6.36. The lowest BCUT2D eigenvalue weighted by atomic mass is 10.1. The van der Waals surface area contributed by atoms with Crippen molar-refractivity contribution >= 4 is 40.6 Å². The molecule has 1 fully saturated rings. The van der Waals surface area contributed by atoms with Crippen molar-refractivity contribution < 1.29 is 14.4 Å². The van der Waals surface area contributed by atoms with Crippen LogP contribution in [0.1, 0.15) is 23.7 Å². The van der Waals surface area contributed by atoms with E-state index in [4.69, 9.17) is 11.6 Å². The summed E-state index contributed by atoms with van der Waals surface area (Å²) < 4.78 is 0. The summed E-state index contributed by atoms with van der Waals surface area (Å²) in [4.78, 5) is 37.4. The van der Waals surface area contributed by atoms with E-state index in [0.717, 1.165) is 4.90 Å². The van der Waals surface area contributed by atoms with Gasteiger partial charge in [0, 0.05) is 11.3 Å². The molecule has 3 rings (SSSR count). The molecular formula is C18H15ClN2O3. The highest BCUT2D eigenvalue weighted by Gasteiger charge is 2.40. The average Bonchev–Trinajstić information content (AvgIpc) is 2.82. The molecule has 1 heterocycles. The monoisotopic (exact) mass is 342 g/mol. The van der Waals surface area contributed by atoms with Crippen LogP contribution >= 0.6 is 11.6 Å². The Labute approximate surface area is 144 Å². The molecule has 0 spiro atoms. The summed E-state index contributed by atoms with van der Waals surface area (Å²) in [5, 5.41) is 3.37. The Kier molecular flexibility index (Phi) is 4.36. The molecule has 6 heteroatoms. The zero-order valence-electron chi connectivity index (χ0n) is 13.0. The highest BCUT2D eigenvalue weighted by atomic mass is 35.5. The Hall–Kier alpha value is -2.66. The first-order valence-electron chi connectivity index (χ1n) is 7.46. The summed E-state index contributed by atoms with van der Waals surface area (Å²) in [5.41, 5.74) is 1.55. The summed E-state index contributed by atoms with van der Waals surface area (Å²) in [6.45, 7) is 1.47. The lowest BCUT2D eigenvalue weighted by molar-refractivity contribution is -0.121. The zero-order valence-corrected chi connectivity index (χ0v) is 13.7. The van der Waals surface area contributed by atoms with E-state index < -0.39 is 6.04 Å². The Bertz CT molecular complexity index is 835. The van der Waals surface area contributed by atoms with Gasteiger partial charge in [-0.1, -0.05) is 35.9 Å². The number of para-hydroxylation sites is 1. The first kappa shape index (κ1) is 16.2. The predicted octanol–water partition coefficient (Wildman–Crippen LogP) is 3.29. The number of amides is 2. The molecule has 5 nitrogen and oxygen atoms in total. The molecule has 1 N–H and O–H groups in total. The standard InChI is InChI=1S/C18H15ClN2O3/c1-11(22)12-5-4-6-13(9-12)20-15-10-17(23)21(18(15)24)16-8-3-2-7-14(16)19/h2-9,15,20H,10H2,1H3. The van der Waals surface area contributed by atoms with E-state index in [-0.39, 0.29) is 24.0 Å². The van der Waals surface area contributed by atoms with Crippen LogP contribution in [0, 0.1) is 0 Å². The second-order valence-corrected chi connectivity index (χ2v) is 5.96. The van der Waals surface area contributed by atoms with Gasteiger partial charge in [0.15, 0.2) is 5.78 Å². The molecule has 1 atom stereocenters. The minimum Gasteiger partial charge on any atom is -0.373 e. The number of rotatable bonds is 4. The van der Waals surface area contributed by atoms with Gasteiger partial charge >= 0.3 is 0 Å². The smallest absolute Gasteiger partial charge is 0.256 e. The topological polar surface area (TPSA) is 66.5 Å². The summed E-state index contributed by atoms with van der Waals surface area (Å²) >= 11 is 6.09. The number of benzene rings is 2. The van der Waals surface area contributed by atoms with E-state index in [1.54, 1.807) is 48.5 Å². The third kappa shape index (κ3) is 3.03. The van der Waals surface area contributed by atoms with E-state index in [1.165, 1.54) is 6.92 Å². The fraction of sp³-hybridized carbons (Fsp3) is 0.167. The van der Waals surface area contributed by atoms with Crippen LogP contribution in [0.4, 0.5) is 11.4 Å². The molecule has 0 saturated carbocycles. The molecule has 1 saturated heterocycles. The molecule has 2 aromatic carbocycles. The molecule has 24 heavy (non-hydrogen) atoms. The fourth-order valence-corrected chi connectivity index (χ4v) is 2.88. The normalized spacial score (nSPS) is 17.2. The van der Waals surface area contributed by atoms with Gasteiger partial charge in [-0.05, 0) is 31.2 Å². The van der Waals surface area contributed by atoms with Crippen molar-refractivity contribution in [2.45, 2.75) is 19.4 Å². The van der Waals surface area contributed by atoms with Crippen molar-refractivity contribution in [1.29, 1.82) is 0 Å². The van der Waals surface area contributed by atoms with Crippen molar-refractivity contribution in [2.75, 3.05) is 10.2 Å². The quantitative estimate of drug-likeness (QED) is 0.684. The summed E-state index contributed by atoms with van der Waals surface area (Å²) in [6.07, 6.45) is 0.0361. The molecule has 0 aliphatic carbocycles. The Morgan fingerprint density at radius 2 is 1.92 bits per heavy atom. The number of nitrogens with one attached hydrogen (secondary N) is 1. The molecule has 122 valence electrons. The van der Waals surface area contributed by atoms with Crippen molar-refractivity contribution in [1.82, 2.24) is 0 Å². The van der Waals surface area contributed by atoms with Crippen LogP contribution in [0.2, 0.25) is 5.02 Å². The van der Waals surface area contributed by atoms with E-state index in [0.29, 0.717) is 22.0 Å². The van der Waals surface area contributed by atoms with E-state index in [1.807, 2.05) is 0 Å². The number of halogens is 1. The molecule has 1 aliphatic heterocycles. The molecule has 2 amide bonds. The van der Waals surface area contributed by atoms with Gasteiger partial charge in [-0.25, -0.2) is 4.90 Å². The molecule has 0 bridgehead atoms. The minimum absolute atomic E-state index is 0.0361. The number of hydrogen-bond acceptors (Lipinski definition) is 4. The Balaban J connectivity index is 1.83. The number of ketones is 1. The minimum atomic E-state index is -0.684. The van der Waals surface area contributed by atoms with Gasteiger partial charge < -0.3 is 5.32 Å². The molecular weight excluding hydrogens is 328 g/mol. The molecule has 2 aromatic rings. The predicted molar refractivity (Wildman–Crippen MR) is 92.4 cm³/mol. The van der Waals surface area contributed by atoms with Crippen LogP contribution in [0.25, 0.3) is 0 Å². The van der Waals surface area contributed by atoms with Gasteiger partial charge in [0.25, 0.3) is 5.91 Å². The van der Waals surface area contributed by atoms with Gasteiger partial charge in [-0.15, -0.1) is 0 Å². The van der Waals surface area contributed by atoms with E-state index in [2.05, 4.69) is 5.32 Å². The number of imide groups is 1. The number of carbonyl (C=O) groups is 3. The van der Waals surface area contributed by atoms with Crippen molar-refractivity contribution in [3.63, 3.8) is 0 Å². The molecule has 0 aromatic heterocycles. The van der Waals surface area contributed by atoms with E-state index >= 15 is 0 Å².